The molecule has 1 unspecified atom stereocenters. The predicted octanol–water partition coefficient (Wildman–Crippen LogP) is 1.74. The van der Waals surface area contributed by atoms with Crippen LogP contribution in [0.15, 0.2) is 12.1 Å². The number of benzene rings is 1. The Kier molecular flexibility index (Phi) is 4.49. The molecule has 0 saturated carbocycles. The van der Waals surface area contributed by atoms with Gasteiger partial charge in [-0.3, -0.25) is 0 Å². The first-order valence-electron chi connectivity index (χ1n) is 5.31. The third-order valence-corrected chi connectivity index (χ3v) is 2.17. The average Bonchev–Trinajstić information content (AvgIpc) is 2.29. The Balaban J connectivity index is 3.24. The number of aliphatic hydroxyl groups is 1. The van der Waals surface area contributed by atoms with Crippen LogP contribution in [0, 0.1) is 5.82 Å². The van der Waals surface area contributed by atoms with Crippen LogP contribution in [0.5, 0.6) is 11.5 Å². The third-order valence-electron chi connectivity index (χ3n) is 2.17. The first-order chi connectivity index (χ1) is 8.36. The van der Waals surface area contributed by atoms with Gasteiger partial charge in [0, 0.05) is 11.6 Å². The quantitative estimate of drug-likeness (QED) is 0.841. The fraction of sp³-hybridized carbons (Fsp3) is 0.417. The van der Waals surface area contributed by atoms with Gasteiger partial charge in [-0.25, -0.2) is 9.18 Å². The lowest BCUT2D eigenvalue weighted by atomic mass is 10.1. The fourth-order valence-corrected chi connectivity index (χ4v) is 1.40. The summed E-state index contributed by atoms with van der Waals surface area (Å²) in [5.41, 5.74) is -0.362. The molecule has 2 N–H and O–H groups in total. The monoisotopic (exact) mass is 258 g/mol. The number of carboxylic acid groups (broad SMARTS) is 1. The number of ether oxygens (including phenoxy) is 2. The number of carbonyl (C=O) groups is 1. The summed E-state index contributed by atoms with van der Waals surface area (Å²) in [5, 5.41) is 18.0. The summed E-state index contributed by atoms with van der Waals surface area (Å²) in [4.78, 5) is 10.7. The van der Waals surface area contributed by atoms with Crippen LogP contribution < -0.4 is 9.47 Å². The molecule has 0 bridgehead atoms. The first-order valence-corrected chi connectivity index (χ1v) is 5.31. The Labute approximate surface area is 104 Å². The van der Waals surface area contributed by atoms with Crippen LogP contribution in [0.2, 0.25) is 0 Å². The lowest BCUT2D eigenvalue weighted by Crippen LogP contribution is -2.14. The molecular formula is C12H15FO5. The Morgan fingerprint density at radius 1 is 1.33 bits per heavy atom. The molecule has 5 nitrogen and oxygen atoms in total. The molecule has 0 spiro atoms. The topological polar surface area (TPSA) is 76.0 Å². The van der Waals surface area contributed by atoms with Crippen molar-refractivity contribution < 1.29 is 28.9 Å². The maximum absolute atomic E-state index is 13.6. The highest BCUT2D eigenvalue weighted by molar-refractivity contribution is 5.74. The van der Waals surface area contributed by atoms with Gasteiger partial charge in [0.05, 0.1) is 13.2 Å². The van der Waals surface area contributed by atoms with E-state index in [4.69, 9.17) is 14.6 Å². The van der Waals surface area contributed by atoms with E-state index >= 15 is 0 Å². The van der Waals surface area contributed by atoms with Crippen molar-refractivity contribution in [3.63, 3.8) is 0 Å². The normalized spacial score (nSPS) is 12.3. The third kappa shape index (κ3) is 3.10. The van der Waals surface area contributed by atoms with Crippen LogP contribution in [-0.4, -0.2) is 29.4 Å². The van der Waals surface area contributed by atoms with E-state index in [2.05, 4.69) is 0 Å². The number of aliphatic hydroxyl groups excluding tert-OH is 1. The molecule has 1 atom stereocenters. The maximum Gasteiger partial charge on any atom is 0.337 e. The molecule has 0 saturated heterocycles. The van der Waals surface area contributed by atoms with Crippen LogP contribution in [0.25, 0.3) is 0 Å². The highest BCUT2D eigenvalue weighted by Crippen LogP contribution is 2.33. The number of aliphatic carboxylic acids is 1. The summed E-state index contributed by atoms with van der Waals surface area (Å²) in [6.45, 7) is 3.52. The Hall–Kier alpha value is -1.82. The Bertz CT molecular complexity index is 444. The molecule has 0 radical (unpaired) electrons. The van der Waals surface area contributed by atoms with E-state index in [1.54, 1.807) is 13.8 Å². The van der Waals surface area contributed by atoms with Crippen molar-refractivity contribution in [1.29, 1.82) is 0 Å². The second-order valence-electron chi connectivity index (χ2n) is 3.93. The number of rotatable bonds is 5. The number of hydrogen-bond acceptors (Lipinski definition) is 4. The molecule has 0 fully saturated rings. The molecule has 0 aromatic heterocycles. The summed E-state index contributed by atoms with van der Waals surface area (Å²) < 4.78 is 23.9. The molecule has 0 aliphatic heterocycles. The molecule has 0 aliphatic carbocycles. The Morgan fingerprint density at radius 2 is 1.94 bits per heavy atom. The summed E-state index contributed by atoms with van der Waals surface area (Å²) in [6.07, 6.45) is -2.13. The molecule has 6 heteroatoms. The summed E-state index contributed by atoms with van der Waals surface area (Å²) >= 11 is 0. The number of methoxy groups -OCH3 is 1. The van der Waals surface area contributed by atoms with Crippen molar-refractivity contribution in [2.75, 3.05) is 7.11 Å². The van der Waals surface area contributed by atoms with Crippen molar-refractivity contribution >= 4 is 5.97 Å². The zero-order chi connectivity index (χ0) is 13.9. The lowest BCUT2D eigenvalue weighted by molar-refractivity contribution is -0.147. The van der Waals surface area contributed by atoms with Gasteiger partial charge in [0.25, 0.3) is 0 Å². The lowest BCUT2D eigenvalue weighted by Gasteiger charge is -2.16. The summed E-state index contributed by atoms with van der Waals surface area (Å²) in [6, 6.07) is 2.12. The van der Waals surface area contributed by atoms with E-state index in [9.17, 15) is 14.3 Å². The SMILES string of the molecule is COc1cc(F)c(C(O)C(=O)O)cc1OC(C)C. The minimum atomic E-state index is -1.94. The Morgan fingerprint density at radius 3 is 2.39 bits per heavy atom. The second-order valence-corrected chi connectivity index (χ2v) is 3.93. The van der Waals surface area contributed by atoms with Gasteiger partial charge in [-0.2, -0.15) is 0 Å². The molecular weight excluding hydrogens is 243 g/mol. The van der Waals surface area contributed by atoms with Gasteiger partial charge in [-0.15, -0.1) is 0 Å². The van der Waals surface area contributed by atoms with Crippen LogP contribution in [0.4, 0.5) is 4.39 Å². The molecule has 1 aromatic carbocycles. The first kappa shape index (κ1) is 14.2. The van der Waals surface area contributed by atoms with Crippen molar-refractivity contribution in [1.82, 2.24) is 0 Å². The number of hydrogen-bond donors (Lipinski definition) is 2. The molecule has 0 aliphatic rings. The molecule has 0 heterocycles. The smallest absolute Gasteiger partial charge is 0.337 e. The van der Waals surface area contributed by atoms with Gasteiger partial charge in [-0.1, -0.05) is 0 Å². The predicted molar refractivity (Wildman–Crippen MR) is 61.3 cm³/mol. The average molecular weight is 258 g/mol. The zero-order valence-corrected chi connectivity index (χ0v) is 10.3. The maximum atomic E-state index is 13.6. The van der Waals surface area contributed by atoms with E-state index in [0.29, 0.717) is 0 Å². The van der Waals surface area contributed by atoms with Gasteiger partial charge >= 0.3 is 5.97 Å². The minimum Gasteiger partial charge on any atom is -0.493 e. The van der Waals surface area contributed by atoms with E-state index in [-0.39, 0.29) is 23.2 Å². The van der Waals surface area contributed by atoms with Gasteiger partial charge in [-0.05, 0) is 19.9 Å². The minimum absolute atomic E-state index is 0.141. The molecule has 1 aromatic rings. The molecule has 0 amide bonds. The molecule has 100 valence electrons. The van der Waals surface area contributed by atoms with Crippen LogP contribution >= 0.6 is 0 Å². The van der Waals surface area contributed by atoms with Gasteiger partial charge in [0.2, 0.25) is 0 Å². The second kappa shape index (κ2) is 5.68. The number of carboxylic acids is 1. The van der Waals surface area contributed by atoms with Gasteiger partial charge in [0.1, 0.15) is 5.82 Å². The molecule has 18 heavy (non-hydrogen) atoms. The van der Waals surface area contributed by atoms with Crippen molar-refractivity contribution in [2.45, 2.75) is 26.1 Å². The van der Waals surface area contributed by atoms with E-state index in [0.717, 1.165) is 12.1 Å². The standard InChI is InChI=1S/C12H15FO5/c1-6(2)18-10-4-7(11(14)12(15)16)8(13)5-9(10)17-3/h4-6,11,14H,1-3H3,(H,15,16). The van der Waals surface area contributed by atoms with Gasteiger partial charge < -0.3 is 19.7 Å². The fourth-order valence-electron chi connectivity index (χ4n) is 1.40. The van der Waals surface area contributed by atoms with Crippen molar-refractivity contribution in [3.05, 3.63) is 23.5 Å². The van der Waals surface area contributed by atoms with Crippen LogP contribution in [0.1, 0.15) is 25.5 Å². The van der Waals surface area contributed by atoms with Crippen molar-refractivity contribution in [2.24, 2.45) is 0 Å². The van der Waals surface area contributed by atoms with E-state index < -0.39 is 17.9 Å². The van der Waals surface area contributed by atoms with Crippen LogP contribution in [-0.2, 0) is 4.79 Å². The summed E-state index contributed by atoms with van der Waals surface area (Å²) in [7, 11) is 1.34. The zero-order valence-electron chi connectivity index (χ0n) is 10.3. The van der Waals surface area contributed by atoms with Gasteiger partial charge in [0.15, 0.2) is 17.6 Å². The van der Waals surface area contributed by atoms with E-state index in [1.165, 1.54) is 7.11 Å². The largest absolute Gasteiger partial charge is 0.493 e. The molecule has 1 rings (SSSR count). The highest BCUT2D eigenvalue weighted by atomic mass is 19.1. The highest BCUT2D eigenvalue weighted by Gasteiger charge is 2.23. The van der Waals surface area contributed by atoms with E-state index in [1.807, 2.05) is 0 Å². The summed E-state index contributed by atoms with van der Waals surface area (Å²) in [5.74, 6) is -2.07. The van der Waals surface area contributed by atoms with Crippen molar-refractivity contribution in [3.8, 4) is 11.5 Å². The van der Waals surface area contributed by atoms with Crippen LogP contribution in [0.3, 0.4) is 0 Å². The number of halogens is 1.